The highest BCUT2D eigenvalue weighted by molar-refractivity contribution is 6.74. The smallest absolute Gasteiger partial charge is 0.306 e. The Bertz CT molecular complexity index is 1070. The van der Waals surface area contributed by atoms with E-state index in [0.717, 1.165) is 6.42 Å². The Kier molecular flexibility index (Phi) is 9.64. The number of esters is 1. The second-order valence-electron chi connectivity index (χ2n) is 12.9. The van der Waals surface area contributed by atoms with Crippen LogP contribution >= 0.6 is 0 Å². The van der Waals surface area contributed by atoms with E-state index in [1.54, 1.807) is 6.92 Å². The largest absolute Gasteiger partial charge is 0.481 e. The minimum Gasteiger partial charge on any atom is -0.481 e. The number of rotatable bonds is 12. The number of ether oxygens (including phenoxy) is 1. The van der Waals surface area contributed by atoms with Gasteiger partial charge in [-0.05, 0) is 65.1 Å². The van der Waals surface area contributed by atoms with Crippen LogP contribution in [-0.4, -0.2) is 38.1 Å². The van der Waals surface area contributed by atoms with Gasteiger partial charge in [0.15, 0.2) is 8.32 Å². The lowest BCUT2D eigenvalue weighted by Gasteiger charge is -2.42. The molecule has 3 rings (SSSR count). The minimum absolute atomic E-state index is 0.0150. The fourth-order valence-corrected chi connectivity index (χ4v) is 6.60. The molecular formula is C32H46O5Si. The van der Waals surface area contributed by atoms with Gasteiger partial charge in [-0.15, -0.1) is 0 Å². The Morgan fingerprint density at radius 1 is 0.921 bits per heavy atom. The predicted molar refractivity (Wildman–Crippen MR) is 156 cm³/mol. The van der Waals surface area contributed by atoms with Crippen LogP contribution in [-0.2, 0) is 18.8 Å². The van der Waals surface area contributed by atoms with Gasteiger partial charge >= 0.3 is 11.9 Å². The average Bonchev–Trinajstić information content (AvgIpc) is 3.14. The molecule has 38 heavy (non-hydrogen) atoms. The summed E-state index contributed by atoms with van der Waals surface area (Å²) in [5.74, 6) is -1.39. The summed E-state index contributed by atoms with van der Waals surface area (Å²) in [6, 6.07) is 16.6. The first-order chi connectivity index (χ1) is 17.7. The zero-order chi connectivity index (χ0) is 28.3. The van der Waals surface area contributed by atoms with Crippen LogP contribution in [0.5, 0.6) is 0 Å². The van der Waals surface area contributed by atoms with E-state index in [9.17, 15) is 14.7 Å². The number of hydrogen-bond acceptors (Lipinski definition) is 4. The number of hydrogen-bond donors (Lipinski definition) is 1. The molecule has 0 fully saturated rings. The number of carboxylic acid groups (broad SMARTS) is 1. The molecule has 208 valence electrons. The molecule has 1 N–H and O–H groups in total. The molecule has 0 amide bonds. The van der Waals surface area contributed by atoms with Crippen LogP contribution in [0, 0.1) is 17.8 Å². The van der Waals surface area contributed by atoms with Crippen LogP contribution < -0.4 is 0 Å². The van der Waals surface area contributed by atoms with Crippen LogP contribution in [0.4, 0.5) is 0 Å². The fourth-order valence-electron chi connectivity index (χ4n) is 5.20. The van der Waals surface area contributed by atoms with Gasteiger partial charge in [0.25, 0.3) is 0 Å². The highest BCUT2D eigenvalue weighted by atomic mass is 28.4. The second-order valence-corrected chi connectivity index (χ2v) is 17.7. The average molecular weight is 539 g/mol. The summed E-state index contributed by atoms with van der Waals surface area (Å²) in [6.45, 7) is 17.2. The highest BCUT2D eigenvalue weighted by Gasteiger charge is 2.42. The molecule has 0 saturated heterocycles. The second kappa shape index (κ2) is 12.2. The van der Waals surface area contributed by atoms with Crippen molar-refractivity contribution in [3.63, 3.8) is 0 Å². The molecule has 3 atom stereocenters. The van der Waals surface area contributed by atoms with Gasteiger partial charge in [-0.2, -0.15) is 0 Å². The van der Waals surface area contributed by atoms with E-state index in [4.69, 9.17) is 9.16 Å². The van der Waals surface area contributed by atoms with Gasteiger partial charge < -0.3 is 14.3 Å². The van der Waals surface area contributed by atoms with Crippen LogP contribution in [0.1, 0.15) is 77.8 Å². The molecule has 0 radical (unpaired) electrons. The fraction of sp³-hybridized carbons (Fsp3) is 0.562. The summed E-state index contributed by atoms with van der Waals surface area (Å²) >= 11 is 0. The van der Waals surface area contributed by atoms with E-state index in [2.05, 4.69) is 72.0 Å². The Morgan fingerprint density at radius 3 is 1.92 bits per heavy atom. The van der Waals surface area contributed by atoms with Crippen molar-refractivity contribution in [3.05, 3.63) is 59.7 Å². The first-order valence-electron chi connectivity index (χ1n) is 14.0. The molecule has 0 bridgehead atoms. The number of carbonyl (C=O) groups excluding carboxylic acids is 1. The van der Waals surface area contributed by atoms with Crippen LogP contribution in [0.25, 0.3) is 11.1 Å². The lowest BCUT2D eigenvalue weighted by Crippen LogP contribution is -2.47. The zero-order valence-electron chi connectivity index (χ0n) is 24.4. The zero-order valence-corrected chi connectivity index (χ0v) is 25.4. The van der Waals surface area contributed by atoms with Gasteiger partial charge in [-0.25, -0.2) is 0 Å². The topological polar surface area (TPSA) is 72.8 Å². The lowest BCUT2D eigenvalue weighted by molar-refractivity contribution is -0.146. The predicted octanol–water partition coefficient (Wildman–Crippen LogP) is 7.90. The Labute approximate surface area is 230 Å². The molecule has 2 aromatic rings. The number of aliphatic carboxylic acids is 1. The van der Waals surface area contributed by atoms with Crippen molar-refractivity contribution in [1.29, 1.82) is 0 Å². The Hall–Kier alpha value is -2.44. The summed E-state index contributed by atoms with van der Waals surface area (Å²) in [7, 11) is -2.20. The Morgan fingerprint density at radius 2 is 1.45 bits per heavy atom. The molecule has 1 aliphatic rings. The van der Waals surface area contributed by atoms with Crippen LogP contribution in [0.3, 0.4) is 0 Å². The SMILES string of the molecule is CC(C)CC(CC(=O)OCC1c2ccccc2-c2ccccc21)[C@H](C[C@@H](C)C(=O)O)O[Si](C)(C)C(C)(C)C. The van der Waals surface area contributed by atoms with E-state index in [1.807, 2.05) is 24.3 Å². The maximum Gasteiger partial charge on any atom is 0.306 e. The summed E-state index contributed by atoms with van der Waals surface area (Å²) < 4.78 is 12.8. The number of fused-ring (bicyclic) bond motifs is 3. The highest BCUT2D eigenvalue weighted by Crippen LogP contribution is 2.45. The molecule has 1 unspecified atom stereocenters. The quantitative estimate of drug-likeness (QED) is 0.220. The van der Waals surface area contributed by atoms with Crippen molar-refractivity contribution in [1.82, 2.24) is 0 Å². The van der Waals surface area contributed by atoms with Crippen molar-refractivity contribution < 1.29 is 23.9 Å². The molecule has 1 aliphatic carbocycles. The number of carboxylic acids is 1. The van der Waals surface area contributed by atoms with Gasteiger partial charge in [-0.3, -0.25) is 9.59 Å². The van der Waals surface area contributed by atoms with Crippen molar-refractivity contribution in [2.24, 2.45) is 17.8 Å². The number of carbonyl (C=O) groups is 2. The van der Waals surface area contributed by atoms with E-state index < -0.39 is 20.2 Å². The van der Waals surface area contributed by atoms with Gasteiger partial charge in [0.05, 0.1) is 12.3 Å². The number of benzene rings is 2. The summed E-state index contributed by atoms with van der Waals surface area (Å²) in [6.07, 6.45) is 1.07. The van der Waals surface area contributed by atoms with E-state index in [1.165, 1.54) is 22.3 Å². The van der Waals surface area contributed by atoms with E-state index in [0.29, 0.717) is 18.9 Å². The molecule has 0 aliphatic heterocycles. The molecule has 6 heteroatoms. The standard InChI is InChI=1S/C32H46O5Si/c1-21(2)17-23(29(18-22(3)31(34)35)37-38(7,8)32(4,5)6)19-30(33)36-20-28-26-15-11-9-13-24(26)25-14-10-12-16-27(25)28/h9-16,21-23,28-29H,17-20H2,1-8H3,(H,34,35)/t22-,23?,29+/m1/s1. The third-order valence-electron chi connectivity index (χ3n) is 8.36. The third-order valence-corrected chi connectivity index (χ3v) is 12.9. The van der Waals surface area contributed by atoms with Crippen molar-refractivity contribution in [2.45, 2.75) is 91.0 Å². The van der Waals surface area contributed by atoms with Gasteiger partial charge in [-0.1, -0.05) is 90.1 Å². The maximum absolute atomic E-state index is 13.3. The van der Waals surface area contributed by atoms with Crippen molar-refractivity contribution >= 4 is 20.3 Å². The van der Waals surface area contributed by atoms with Crippen LogP contribution in [0.2, 0.25) is 18.1 Å². The van der Waals surface area contributed by atoms with Gasteiger partial charge in [0, 0.05) is 12.0 Å². The molecule has 0 heterocycles. The maximum atomic E-state index is 13.3. The van der Waals surface area contributed by atoms with Crippen molar-refractivity contribution in [3.8, 4) is 11.1 Å². The van der Waals surface area contributed by atoms with E-state index >= 15 is 0 Å². The molecule has 2 aromatic carbocycles. The summed E-state index contributed by atoms with van der Waals surface area (Å²) in [5, 5.41) is 9.64. The molecule has 0 spiro atoms. The van der Waals surface area contributed by atoms with Crippen molar-refractivity contribution in [2.75, 3.05) is 6.61 Å². The first kappa shape index (κ1) is 30.1. The minimum atomic E-state index is -2.20. The van der Waals surface area contributed by atoms with Gasteiger partial charge in [0.2, 0.25) is 0 Å². The van der Waals surface area contributed by atoms with Crippen LogP contribution in [0.15, 0.2) is 48.5 Å². The molecule has 0 aromatic heterocycles. The molecule has 0 saturated carbocycles. The third kappa shape index (κ3) is 7.14. The van der Waals surface area contributed by atoms with Gasteiger partial charge in [0.1, 0.15) is 6.61 Å². The molecular weight excluding hydrogens is 492 g/mol. The summed E-state index contributed by atoms with van der Waals surface area (Å²) in [4.78, 5) is 25.1. The normalized spacial score (nSPS) is 16.0. The van der Waals surface area contributed by atoms with E-state index in [-0.39, 0.29) is 35.4 Å². The molecule has 5 nitrogen and oxygen atoms in total. The monoisotopic (exact) mass is 538 g/mol. The first-order valence-corrected chi connectivity index (χ1v) is 16.9. The Balaban J connectivity index is 1.79. The lowest BCUT2D eigenvalue weighted by atomic mass is 9.85. The summed E-state index contributed by atoms with van der Waals surface area (Å²) in [5.41, 5.74) is 4.78.